The Morgan fingerprint density at radius 3 is 2.59 bits per heavy atom. The Balaban J connectivity index is 1.91. The molecule has 0 aliphatic heterocycles. The van der Waals surface area contributed by atoms with E-state index in [-0.39, 0.29) is 23.5 Å². The summed E-state index contributed by atoms with van der Waals surface area (Å²) in [5, 5.41) is 25.2. The van der Waals surface area contributed by atoms with Gasteiger partial charge in [0, 0.05) is 23.8 Å². The van der Waals surface area contributed by atoms with Crippen molar-refractivity contribution in [2.24, 2.45) is 0 Å². The molecule has 0 amide bonds. The van der Waals surface area contributed by atoms with Crippen LogP contribution in [-0.4, -0.2) is 19.8 Å². The third-order valence-electron chi connectivity index (χ3n) is 3.89. The number of halogens is 2. The van der Waals surface area contributed by atoms with E-state index in [1.165, 1.54) is 36.4 Å². The van der Waals surface area contributed by atoms with Gasteiger partial charge in [0.15, 0.2) is 11.6 Å². The smallest absolute Gasteiger partial charge is 0.270 e. The van der Waals surface area contributed by atoms with E-state index in [0.29, 0.717) is 5.56 Å². The largest absolute Gasteiger partial charge is 0.386 e. The Labute approximate surface area is 151 Å². The maximum absolute atomic E-state index is 13.3. The average Bonchev–Trinajstić information content (AvgIpc) is 2.65. The fourth-order valence-electron chi connectivity index (χ4n) is 2.50. The molecule has 0 saturated heterocycles. The summed E-state index contributed by atoms with van der Waals surface area (Å²) in [5.74, 6) is -2.16. The molecule has 3 rings (SSSR count). The predicted octanol–water partition coefficient (Wildman–Crippen LogP) is 2.83. The van der Waals surface area contributed by atoms with Crippen molar-refractivity contribution in [1.29, 1.82) is 0 Å². The maximum Gasteiger partial charge on any atom is 0.270 e. The third-order valence-corrected chi connectivity index (χ3v) is 3.89. The fraction of sp³-hybridized carbons (Fsp3) is 0.111. The summed E-state index contributed by atoms with van der Waals surface area (Å²) in [7, 11) is 0. The lowest BCUT2D eigenvalue weighted by atomic mass is 10.1. The summed E-state index contributed by atoms with van der Waals surface area (Å²) in [6.45, 7) is -0.299. The molecule has 2 aromatic carbocycles. The van der Waals surface area contributed by atoms with E-state index in [1.807, 2.05) is 0 Å². The minimum Gasteiger partial charge on any atom is -0.386 e. The van der Waals surface area contributed by atoms with E-state index < -0.39 is 28.2 Å². The van der Waals surface area contributed by atoms with E-state index in [0.717, 1.165) is 16.8 Å². The molecule has 7 nitrogen and oxygen atoms in total. The highest BCUT2D eigenvalue weighted by atomic mass is 19.2. The molecule has 1 heterocycles. The van der Waals surface area contributed by atoms with Crippen LogP contribution in [-0.2, 0) is 6.54 Å². The second-order valence-electron chi connectivity index (χ2n) is 5.74. The molecule has 1 aromatic heterocycles. The van der Waals surface area contributed by atoms with Crippen LogP contribution in [0, 0.1) is 21.7 Å². The number of nitro groups is 1. The monoisotopic (exact) mass is 373 g/mol. The lowest BCUT2D eigenvalue weighted by Gasteiger charge is -2.13. The van der Waals surface area contributed by atoms with Gasteiger partial charge in [-0.1, -0.05) is 18.2 Å². The molecule has 138 valence electrons. The third kappa shape index (κ3) is 4.04. The minimum absolute atomic E-state index is 0.0864. The number of rotatable bonds is 5. The number of non-ortho nitro benzene ring substituents is 1. The molecule has 27 heavy (non-hydrogen) atoms. The Morgan fingerprint density at radius 2 is 1.89 bits per heavy atom. The number of aliphatic hydroxyl groups is 1. The SMILES string of the molecule is O=c1ccc(-c2cccc([N+](=O)[O-])c2)nn1CC(O)c1ccc(F)c(F)c1. The summed E-state index contributed by atoms with van der Waals surface area (Å²) in [4.78, 5) is 22.4. The van der Waals surface area contributed by atoms with Crippen molar-refractivity contribution in [1.82, 2.24) is 9.78 Å². The van der Waals surface area contributed by atoms with Gasteiger partial charge in [-0.25, -0.2) is 13.5 Å². The zero-order chi connectivity index (χ0) is 19.6. The Morgan fingerprint density at radius 1 is 1.11 bits per heavy atom. The van der Waals surface area contributed by atoms with Crippen LogP contribution in [0.2, 0.25) is 0 Å². The van der Waals surface area contributed by atoms with Crippen molar-refractivity contribution in [2.45, 2.75) is 12.6 Å². The van der Waals surface area contributed by atoms with Crippen LogP contribution in [0.4, 0.5) is 14.5 Å². The quantitative estimate of drug-likeness (QED) is 0.548. The number of nitro benzene ring substituents is 1. The number of aliphatic hydroxyl groups excluding tert-OH is 1. The van der Waals surface area contributed by atoms with E-state index >= 15 is 0 Å². The highest BCUT2D eigenvalue weighted by Crippen LogP contribution is 2.22. The van der Waals surface area contributed by atoms with E-state index in [1.54, 1.807) is 6.07 Å². The molecule has 0 fully saturated rings. The molecule has 1 unspecified atom stereocenters. The molecule has 0 aliphatic carbocycles. The minimum atomic E-state index is -1.30. The first-order valence-corrected chi connectivity index (χ1v) is 7.81. The van der Waals surface area contributed by atoms with Crippen LogP contribution < -0.4 is 5.56 Å². The summed E-state index contributed by atoms with van der Waals surface area (Å²) in [6.07, 6.45) is -1.30. The first-order chi connectivity index (χ1) is 12.8. The number of aromatic nitrogens is 2. The van der Waals surface area contributed by atoms with Gasteiger partial charge in [-0.15, -0.1) is 0 Å². The molecule has 1 atom stereocenters. The van der Waals surface area contributed by atoms with Gasteiger partial charge in [-0.3, -0.25) is 14.9 Å². The van der Waals surface area contributed by atoms with Crippen LogP contribution in [0.15, 0.2) is 59.4 Å². The first kappa shape index (κ1) is 18.3. The Kier molecular flexibility index (Phi) is 5.04. The molecular formula is C18H13F2N3O4. The predicted molar refractivity (Wildman–Crippen MR) is 91.9 cm³/mol. The summed E-state index contributed by atoms with van der Waals surface area (Å²) >= 11 is 0. The van der Waals surface area contributed by atoms with Gasteiger partial charge in [-0.05, 0) is 23.8 Å². The topological polar surface area (TPSA) is 98.3 Å². The number of hydrogen-bond acceptors (Lipinski definition) is 5. The molecule has 1 N–H and O–H groups in total. The standard InChI is InChI=1S/C18H13F2N3O4/c19-14-5-4-12(9-15(14)20)17(24)10-22-18(25)7-6-16(21-22)11-2-1-3-13(8-11)23(26)27/h1-9,17,24H,10H2. The molecule has 0 spiro atoms. The van der Waals surface area contributed by atoms with Crippen molar-refractivity contribution in [3.05, 3.63) is 92.3 Å². The van der Waals surface area contributed by atoms with Crippen LogP contribution >= 0.6 is 0 Å². The first-order valence-electron chi connectivity index (χ1n) is 7.81. The van der Waals surface area contributed by atoms with E-state index in [2.05, 4.69) is 5.10 Å². The van der Waals surface area contributed by atoms with Gasteiger partial charge in [0.05, 0.1) is 23.3 Å². The van der Waals surface area contributed by atoms with Gasteiger partial charge in [0.1, 0.15) is 0 Å². The molecule has 0 bridgehead atoms. The van der Waals surface area contributed by atoms with E-state index in [9.17, 15) is 28.8 Å². The van der Waals surface area contributed by atoms with Crippen molar-refractivity contribution < 1.29 is 18.8 Å². The molecule has 0 radical (unpaired) electrons. The van der Waals surface area contributed by atoms with Crippen LogP contribution in [0.3, 0.4) is 0 Å². The van der Waals surface area contributed by atoms with Gasteiger partial charge in [-0.2, -0.15) is 5.10 Å². The Bertz CT molecular complexity index is 1070. The summed E-state index contributed by atoms with van der Waals surface area (Å²) in [6, 6.07) is 11.3. The highest BCUT2D eigenvalue weighted by molar-refractivity contribution is 5.61. The molecule has 3 aromatic rings. The zero-order valence-electron chi connectivity index (χ0n) is 13.8. The zero-order valence-corrected chi connectivity index (χ0v) is 13.8. The van der Waals surface area contributed by atoms with Crippen LogP contribution in [0.5, 0.6) is 0 Å². The lowest BCUT2D eigenvalue weighted by Crippen LogP contribution is -2.25. The molecule has 9 heteroatoms. The maximum atomic E-state index is 13.3. The summed E-state index contributed by atoms with van der Waals surface area (Å²) < 4.78 is 27.3. The number of hydrogen-bond donors (Lipinski definition) is 1. The number of nitrogens with zero attached hydrogens (tertiary/aromatic N) is 3. The second-order valence-corrected chi connectivity index (χ2v) is 5.74. The Hall–Kier alpha value is -3.46. The summed E-state index contributed by atoms with van der Waals surface area (Å²) in [5.41, 5.74) is 0.138. The van der Waals surface area contributed by atoms with Crippen molar-refractivity contribution >= 4 is 5.69 Å². The van der Waals surface area contributed by atoms with Crippen LogP contribution in [0.1, 0.15) is 11.7 Å². The van der Waals surface area contributed by atoms with Crippen molar-refractivity contribution in [3.8, 4) is 11.3 Å². The molecule has 0 saturated carbocycles. The van der Waals surface area contributed by atoms with Crippen LogP contribution in [0.25, 0.3) is 11.3 Å². The van der Waals surface area contributed by atoms with Gasteiger partial charge in [0.2, 0.25) is 0 Å². The van der Waals surface area contributed by atoms with Gasteiger partial charge < -0.3 is 5.11 Å². The van der Waals surface area contributed by atoms with Crippen molar-refractivity contribution in [2.75, 3.05) is 0 Å². The van der Waals surface area contributed by atoms with Gasteiger partial charge in [0.25, 0.3) is 11.2 Å². The molecule has 0 aliphatic rings. The average molecular weight is 373 g/mol. The second kappa shape index (κ2) is 7.42. The normalized spacial score (nSPS) is 12.0. The van der Waals surface area contributed by atoms with Gasteiger partial charge >= 0.3 is 0 Å². The molecular weight excluding hydrogens is 360 g/mol. The highest BCUT2D eigenvalue weighted by Gasteiger charge is 2.14. The fourth-order valence-corrected chi connectivity index (χ4v) is 2.50. The van der Waals surface area contributed by atoms with E-state index in [4.69, 9.17) is 0 Å². The van der Waals surface area contributed by atoms with Crippen molar-refractivity contribution in [3.63, 3.8) is 0 Å². The number of benzene rings is 2. The lowest BCUT2D eigenvalue weighted by molar-refractivity contribution is -0.384.